The molecule has 0 fully saturated rings. The van der Waals surface area contributed by atoms with Crippen LogP contribution in [0.1, 0.15) is 0 Å². The fourth-order valence-corrected chi connectivity index (χ4v) is 2.18. The molecular formula is C13H9NOS. The first-order chi connectivity index (χ1) is 7.75. The fraction of sp³-hybridized carbons (Fsp3) is 0. The molecule has 1 N–H and O–H groups in total. The van der Waals surface area contributed by atoms with Crippen molar-refractivity contribution in [2.45, 2.75) is 4.90 Å². The largest absolute Gasteiger partial charge is 0.354 e. The highest BCUT2D eigenvalue weighted by Crippen LogP contribution is 2.26. The van der Waals surface area contributed by atoms with Crippen molar-refractivity contribution >= 4 is 23.5 Å². The first-order valence-corrected chi connectivity index (χ1v) is 5.44. The van der Waals surface area contributed by atoms with Crippen LogP contribution in [0.2, 0.25) is 0 Å². The van der Waals surface area contributed by atoms with Gasteiger partial charge in [0, 0.05) is 27.1 Å². The van der Waals surface area contributed by atoms with Crippen molar-refractivity contribution in [3.8, 4) is 11.3 Å². The highest BCUT2D eigenvalue weighted by Gasteiger charge is 2.08. The fourth-order valence-electron chi connectivity index (χ4n) is 1.91. The van der Waals surface area contributed by atoms with E-state index in [4.69, 9.17) is 0 Å². The highest BCUT2D eigenvalue weighted by molar-refractivity contribution is 7.80. The SMILES string of the molecule is O=c1cccc2[nH]c3cccc(S)c3cc1-2. The van der Waals surface area contributed by atoms with Gasteiger partial charge in [-0.05, 0) is 30.3 Å². The zero-order chi connectivity index (χ0) is 11.1. The smallest absolute Gasteiger partial charge is 0.187 e. The summed E-state index contributed by atoms with van der Waals surface area (Å²) in [6.07, 6.45) is 0. The molecule has 0 saturated carbocycles. The standard InChI is InChI=1S/C13H9NOS/c15-12-5-1-3-10-8(12)7-9-11(14-10)4-2-6-13(9)16/h1-7,14,16H. The average molecular weight is 227 g/mol. The van der Waals surface area contributed by atoms with Crippen LogP contribution in [0.5, 0.6) is 0 Å². The van der Waals surface area contributed by atoms with Crippen LogP contribution in [0, 0.1) is 0 Å². The molecule has 3 heteroatoms. The molecule has 0 spiro atoms. The minimum absolute atomic E-state index is 0.0345. The number of nitrogens with one attached hydrogen (secondary N) is 1. The van der Waals surface area contributed by atoms with Gasteiger partial charge < -0.3 is 4.98 Å². The highest BCUT2D eigenvalue weighted by atomic mass is 32.1. The summed E-state index contributed by atoms with van der Waals surface area (Å²) in [5.74, 6) is 0. The Morgan fingerprint density at radius 2 is 1.88 bits per heavy atom. The predicted molar refractivity (Wildman–Crippen MR) is 68.4 cm³/mol. The lowest BCUT2D eigenvalue weighted by atomic mass is 10.1. The monoisotopic (exact) mass is 227 g/mol. The number of aromatic amines is 1. The lowest BCUT2D eigenvalue weighted by Gasteiger charge is -2.08. The van der Waals surface area contributed by atoms with Crippen molar-refractivity contribution in [2.75, 3.05) is 0 Å². The minimum atomic E-state index is 0.0345. The molecule has 3 rings (SSSR count). The number of aromatic nitrogens is 1. The number of benzene rings is 2. The molecule has 2 aliphatic rings. The Hall–Kier alpha value is -1.74. The van der Waals surface area contributed by atoms with Crippen LogP contribution >= 0.6 is 12.6 Å². The van der Waals surface area contributed by atoms with Gasteiger partial charge in [0.1, 0.15) is 0 Å². The molecule has 1 aliphatic carbocycles. The van der Waals surface area contributed by atoms with Crippen LogP contribution in [0.25, 0.3) is 22.2 Å². The number of pyridine rings is 1. The van der Waals surface area contributed by atoms with Gasteiger partial charge in [-0.15, -0.1) is 12.6 Å². The summed E-state index contributed by atoms with van der Waals surface area (Å²) in [5.41, 5.74) is 2.59. The summed E-state index contributed by atoms with van der Waals surface area (Å²) < 4.78 is 0. The summed E-state index contributed by atoms with van der Waals surface area (Å²) in [7, 11) is 0. The first-order valence-electron chi connectivity index (χ1n) is 4.99. The third-order valence-corrected chi connectivity index (χ3v) is 3.10. The maximum absolute atomic E-state index is 11.7. The molecule has 2 nitrogen and oxygen atoms in total. The first kappa shape index (κ1) is 9.48. The van der Waals surface area contributed by atoms with Crippen LogP contribution in [-0.2, 0) is 0 Å². The van der Waals surface area contributed by atoms with E-state index in [0.29, 0.717) is 5.56 Å². The zero-order valence-corrected chi connectivity index (χ0v) is 9.29. The van der Waals surface area contributed by atoms with Crippen LogP contribution in [0.15, 0.2) is 52.2 Å². The number of thiol groups is 1. The van der Waals surface area contributed by atoms with E-state index in [-0.39, 0.29) is 5.43 Å². The average Bonchev–Trinajstić information content (AvgIpc) is 2.28. The Labute approximate surface area is 97.7 Å². The molecule has 16 heavy (non-hydrogen) atoms. The third kappa shape index (κ3) is 1.32. The van der Waals surface area contributed by atoms with Gasteiger partial charge in [0.05, 0.1) is 0 Å². The third-order valence-electron chi connectivity index (χ3n) is 2.71. The molecule has 1 aromatic carbocycles. The lowest BCUT2D eigenvalue weighted by molar-refractivity contribution is 1.35. The minimum Gasteiger partial charge on any atom is -0.354 e. The molecular weight excluding hydrogens is 218 g/mol. The molecule has 78 valence electrons. The second-order valence-electron chi connectivity index (χ2n) is 3.73. The summed E-state index contributed by atoms with van der Waals surface area (Å²) in [6.45, 7) is 0. The van der Waals surface area contributed by atoms with E-state index in [1.165, 1.54) is 0 Å². The molecule has 0 aromatic heterocycles. The van der Waals surface area contributed by atoms with Gasteiger partial charge in [-0.3, -0.25) is 4.79 Å². The topological polar surface area (TPSA) is 32.9 Å². The molecule has 0 amide bonds. The van der Waals surface area contributed by atoms with E-state index < -0.39 is 0 Å². The van der Waals surface area contributed by atoms with Gasteiger partial charge in [0.2, 0.25) is 0 Å². The Kier molecular flexibility index (Phi) is 2.01. The van der Waals surface area contributed by atoms with Crippen molar-refractivity contribution in [1.82, 2.24) is 4.98 Å². The summed E-state index contributed by atoms with van der Waals surface area (Å²) >= 11 is 4.39. The molecule has 0 bridgehead atoms. The van der Waals surface area contributed by atoms with Crippen molar-refractivity contribution in [3.05, 3.63) is 52.7 Å². The van der Waals surface area contributed by atoms with Gasteiger partial charge in [0.25, 0.3) is 0 Å². The van der Waals surface area contributed by atoms with Gasteiger partial charge in [0.15, 0.2) is 5.43 Å². The maximum atomic E-state index is 11.7. The number of hydrogen-bond acceptors (Lipinski definition) is 2. The Balaban J connectivity index is 2.56. The molecule has 0 unspecified atom stereocenters. The van der Waals surface area contributed by atoms with Crippen LogP contribution in [0.3, 0.4) is 0 Å². The maximum Gasteiger partial charge on any atom is 0.187 e. The van der Waals surface area contributed by atoms with E-state index in [2.05, 4.69) is 17.6 Å². The molecule has 0 saturated heterocycles. The van der Waals surface area contributed by atoms with Gasteiger partial charge >= 0.3 is 0 Å². The van der Waals surface area contributed by atoms with E-state index in [9.17, 15) is 4.79 Å². The molecule has 0 radical (unpaired) electrons. The van der Waals surface area contributed by atoms with Crippen molar-refractivity contribution in [2.24, 2.45) is 0 Å². The zero-order valence-electron chi connectivity index (χ0n) is 8.40. The van der Waals surface area contributed by atoms with E-state index in [1.54, 1.807) is 12.1 Å². The summed E-state index contributed by atoms with van der Waals surface area (Å²) in [6, 6.07) is 13.0. The number of fused-ring (bicyclic) bond motifs is 2. The number of H-pyrrole nitrogens is 1. The van der Waals surface area contributed by atoms with Gasteiger partial charge in [-0.25, -0.2) is 0 Å². The molecule has 1 heterocycles. The number of rotatable bonds is 0. The van der Waals surface area contributed by atoms with Gasteiger partial charge in [-0.1, -0.05) is 12.1 Å². The summed E-state index contributed by atoms with van der Waals surface area (Å²) in [4.78, 5) is 15.8. The normalized spacial score (nSPS) is 11.1. The number of hydrogen-bond donors (Lipinski definition) is 2. The van der Waals surface area contributed by atoms with E-state index in [0.717, 1.165) is 21.5 Å². The van der Waals surface area contributed by atoms with Gasteiger partial charge in [-0.2, -0.15) is 0 Å². The van der Waals surface area contributed by atoms with E-state index in [1.807, 2.05) is 30.3 Å². The molecule has 1 aliphatic heterocycles. The predicted octanol–water partition coefficient (Wildman–Crippen LogP) is 2.92. The Bertz CT molecular complexity index is 702. The second kappa shape index (κ2) is 3.39. The van der Waals surface area contributed by atoms with E-state index >= 15 is 0 Å². The van der Waals surface area contributed by atoms with Crippen molar-refractivity contribution < 1.29 is 0 Å². The Morgan fingerprint density at radius 1 is 1.06 bits per heavy atom. The van der Waals surface area contributed by atoms with Crippen molar-refractivity contribution in [3.63, 3.8) is 0 Å². The van der Waals surface area contributed by atoms with Crippen LogP contribution < -0.4 is 5.43 Å². The van der Waals surface area contributed by atoms with Crippen LogP contribution in [0.4, 0.5) is 0 Å². The lowest BCUT2D eigenvalue weighted by Crippen LogP contribution is -2.04. The quantitative estimate of drug-likeness (QED) is 0.449. The molecule has 0 atom stereocenters. The molecule has 1 aromatic rings. The Morgan fingerprint density at radius 3 is 2.75 bits per heavy atom. The summed E-state index contributed by atoms with van der Waals surface area (Å²) in [5, 5.41) is 0.974. The van der Waals surface area contributed by atoms with Crippen LogP contribution in [-0.4, -0.2) is 4.98 Å². The second-order valence-corrected chi connectivity index (χ2v) is 4.21. The van der Waals surface area contributed by atoms with Crippen molar-refractivity contribution in [1.29, 1.82) is 0 Å².